The van der Waals surface area contributed by atoms with Crippen LogP contribution in [0.1, 0.15) is 18.8 Å². The summed E-state index contributed by atoms with van der Waals surface area (Å²) in [4.78, 5) is 4.56. The van der Waals surface area contributed by atoms with Crippen molar-refractivity contribution in [3.05, 3.63) is 28.5 Å². The second-order valence-electron chi connectivity index (χ2n) is 4.91. The van der Waals surface area contributed by atoms with Crippen molar-refractivity contribution in [1.29, 1.82) is 0 Å². The van der Waals surface area contributed by atoms with Gasteiger partial charge in [-0.05, 0) is 25.1 Å². The highest BCUT2D eigenvalue weighted by Gasteiger charge is 2.19. The van der Waals surface area contributed by atoms with Crippen molar-refractivity contribution in [2.75, 3.05) is 17.9 Å². The molecule has 1 atom stereocenters. The third-order valence-corrected chi connectivity index (χ3v) is 4.80. The summed E-state index contributed by atoms with van der Waals surface area (Å²) in [5.41, 5.74) is 1.78. The smallest absolute Gasteiger partial charge is 0.149 e. The summed E-state index contributed by atoms with van der Waals surface area (Å²) in [6, 6.07) is 5.62. The highest BCUT2D eigenvalue weighted by Crippen LogP contribution is 2.25. The predicted octanol–water partition coefficient (Wildman–Crippen LogP) is 3.19. The van der Waals surface area contributed by atoms with E-state index in [4.69, 9.17) is 11.6 Å². The van der Waals surface area contributed by atoms with Crippen molar-refractivity contribution < 1.29 is 8.42 Å². The van der Waals surface area contributed by atoms with Gasteiger partial charge in [-0.1, -0.05) is 15.9 Å². The Morgan fingerprint density at radius 3 is 2.75 bits per heavy atom. The molecule has 0 aliphatic heterocycles. The average Bonchev–Trinajstić information content (AvgIpc) is 2.64. The van der Waals surface area contributed by atoms with E-state index in [0.29, 0.717) is 12.3 Å². The second kappa shape index (κ2) is 6.03. The first-order chi connectivity index (χ1) is 9.31. The zero-order valence-corrected chi connectivity index (χ0v) is 14.5. The van der Waals surface area contributed by atoms with Gasteiger partial charge in [-0.2, -0.15) is 0 Å². The highest BCUT2D eigenvalue weighted by molar-refractivity contribution is 9.10. The Morgan fingerprint density at radius 1 is 1.45 bits per heavy atom. The minimum Gasteiger partial charge on any atom is -0.324 e. The van der Waals surface area contributed by atoms with Crippen LogP contribution >= 0.6 is 27.5 Å². The Balaban J connectivity index is 2.57. The molecule has 7 heteroatoms. The van der Waals surface area contributed by atoms with Crippen LogP contribution in [0, 0.1) is 0 Å². The number of benzene rings is 1. The van der Waals surface area contributed by atoms with Gasteiger partial charge in [0.1, 0.15) is 15.7 Å². The molecule has 0 aliphatic rings. The van der Waals surface area contributed by atoms with E-state index in [1.165, 1.54) is 6.26 Å². The SMILES string of the molecule is CC(CS(C)(=O)=O)n1c(CCCl)nc2ccc(Br)cc21. The van der Waals surface area contributed by atoms with Crippen LogP contribution in [0.25, 0.3) is 11.0 Å². The Morgan fingerprint density at radius 2 is 2.15 bits per heavy atom. The molecule has 0 N–H and O–H groups in total. The van der Waals surface area contributed by atoms with Crippen LogP contribution in [0.15, 0.2) is 22.7 Å². The van der Waals surface area contributed by atoms with Crippen LogP contribution in [0.2, 0.25) is 0 Å². The van der Waals surface area contributed by atoms with Crippen molar-refractivity contribution in [3.8, 4) is 0 Å². The van der Waals surface area contributed by atoms with E-state index in [0.717, 1.165) is 21.3 Å². The molecule has 1 aromatic carbocycles. The predicted molar refractivity (Wildman–Crippen MR) is 86.3 cm³/mol. The fraction of sp³-hybridized carbons (Fsp3) is 0.462. The summed E-state index contributed by atoms with van der Waals surface area (Å²) in [6.07, 6.45) is 1.86. The van der Waals surface area contributed by atoms with Crippen molar-refractivity contribution >= 4 is 48.4 Å². The normalized spacial score (nSPS) is 13.8. The van der Waals surface area contributed by atoms with Gasteiger partial charge in [-0.15, -0.1) is 11.6 Å². The molecule has 1 aromatic heterocycles. The number of halogens is 2. The van der Waals surface area contributed by atoms with Crippen LogP contribution in [0.4, 0.5) is 0 Å². The van der Waals surface area contributed by atoms with E-state index in [9.17, 15) is 8.42 Å². The molecule has 0 spiro atoms. The lowest BCUT2D eigenvalue weighted by Crippen LogP contribution is -2.18. The van der Waals surface area contributed by atoms with Gasteiger partial charge in [0.05, 0.1) is 16.8 Å². The van der Waals surface area contributed by atoms with E-state index in [2.05, 4.69) is 20.9 Å². The van der Waals surface area contributed by atoms with E-state index in [1.807, 2.05) is 29.7 Å². The molecule has 2 aromatic rings. The van der Waals surface area contributed by atoms with Gasteiger partial charge >= 0.3 is 0 Å². The Kier molecular flexibility index (Phi) is 4.76. The monoisotopic (exact) mass is 378 g/mol. The number of hydrogen-bond acceptors (Lipinski definition) is 3. The molecule has 1 unspecified atom stereocenters. The zero-order valence-electron chi connectivity index (χ0n) is 11.3. The molecule has 20 heavy (non-hydrogen) atoms. The van der Waals surface area contributed by atoms with E-state index >= 15 is 0 Å². The highest BCUT2D eigenvalue weighted by atomic mass is 79.9. The lowest BCUT2D eigenvalue weighted by molar-refractivity contribution is 0.557. The van der Waals surface area contributed by atoms with Crippen LogP contribution in [0.5, 0.6) is 0 Å². The van der Waals surface area contributed by atoms with Gasteiger partial charge in [0, 0.05) is 29.1 Å². The molecular weight excluding hydrogens is 364 g/mol. The molecule has 0 bridgehead atoms. The van der Waals surface area contributed by atoms with Crippen molar-refractivity contribution in [2.45, 2.75) is 19.4 Å². The topological polar surface area (TPSA) is 52.0 Å². The minimum absolute atomic E-state index is 0.0836. The molecule has 0 radical (unpaired) electrons. The third kappa shape index (κ3) is 3.54. The second-order valence-corrected chi connectivity index (χ2v) is 8.39. The Hall–Kier alpha value is -0.590. The number of nitrogens with zero attached hydrogens (tertiary/aromatic N) is 2. The summed E-state index contributed by atoms with van der Waals surface area (Å²) in [6.45, 7) is 1.89. The standard InChI is InChI=1S/C13H16BrClN2O2S/c1-9(8-20(2,18)19)17-12-7-10(14)3-4-11(12)16-13(17)5-6-15/h3-4,7,9H,5-6,8H2,1-2H3. The molecule has 4 nitrogen and oxygen atoms in total. The molecule has 1 heterocycles. The van der Waals surface area contributed by atoms with Crippen LogP contribution < -0.4 is 0 Å². The summed E-state index contributed by atoms with van der Waals surface area (Å²) in [5, 5.41) is 0. The lowest BCUT2D eigenvalue weighted by atomic mass is 10.3. The molecular formula is C13H16BrClN2O2S. The van der Waals surface area contributed by atoms with Gasteiger partial charge in [0.15, 0.2) is 0 Å². The lowest BCUT2D eigenvalue weighted by Gasteiger charge is -2.16. The fourth-order valence-corrected chi connectivity index (χ4v) is 3.92. The maximum absolute atomic E-state index is 11.5. The van der Waals surface area contributed by atoms with Gasteiger partial charge in [-0.25, -0.2) is 13.4 Å². The van der Waals surface area contributed by atoms with Gasteiger partial charge in [-0.3, -0.25) is 0 Å². The number of imidazole rings is 1. The number of hydrogen-bond donors (Lipinski definition) is 0. The molecule has 0 saturated carbocycles. The minimum atomic E-state index is -3.05. The molecule has 0 saturated heterocycles. The number of aryl methyl sites for hydroxylation is 1. The number of sulfone groups is 1. The number of rotatable bonds is 5. The molecule has 110 valence electrons. The van der Waals surface area contributed by atoms with Crippen molar-refractivity contribution in [1.82, 2.24) is 9.55 Å². The quantitative estimate of drug-likeness (QED) is 0.750. The van der Waals surface area contributed by atoms with E-state index < -0.39 is 9.84 Å². The largest absolute Gasteiger partial charge is 0.324 e. The number of fused-ring (bicyclic) bond motifs is 1. The van der Waals surface area contributed by atoms with Crippen molar-refractivity contribution in [2.24, 2.45) is 0 Å². The first-order valence-corrected chi connectivity index (χ1v) is 9.60. The summed E-state index contributed by atoms with van der Waals surface area (Å²) in [7, 11) is -3.05. The number of alkyl halides is 1. The molecule has 0 aliphatic carbocycles. The van der Waals surface area contributed by atoms with Crippen LogP contribution in [-0.4, -0.2) is 35.9 Å². The zero-order chi connectivity index (χ0) is 14.9. The Labute approximate surface area is 132 Å². The summed E-state index contributed by atoms with van der Waals surface area (Å²) < 4.78 is 26.0. The maximum Gasteiger partial charge on any atom is 0.149 e. The summed E-state index contributed by atoms with van der Waals surface area (Å²) >= 11 is 9.26. The fourth-order valence-electron chi connectivity index (χ4n) is 2.38. The molecule has 0 fully saturated rings. The third-order valence-electron chi connectivity index (χ3n) is 3.03. The van der Waals surface area contributed by atoms with Gasteiger partial charge in [0.2, 0.25) is 0 Å². The average molecular weight is 380 g/mol. The number of aromatic nitrogens is 2. The first kappa shape index (κ1) is 15.8. The van der Waals surface area contributed by atoms with Gasteiger partial charge in [0.25, 0.3) is 0 Å². The van der Waals surface area contributed by atoms with Crippen LogP contribution in [0.3, 0.4) is 0 Å². The van der Waals surface area contributed by atoms with Crippen LogP contribution in [-0.2, 0) is 16.3 Å². The van der Waals surface area contributed by atoms with Crippen molar-refractivity contribution in [3.63, 3.8) is 0 Å². The summed E-state index contributed by atoms with van der Waals surface area (Å²) in [5.74, 6) is 1.36. The van der Waals surface area contributed by atoms with E-state index in [1.54, 1.807) is 0 Å². The molecule has 0 amide bonds. The first-order valence-electron chi connectivity index (χ1n) is 6.22. The Bertz CT molecular complexity index is 727. The maximum atomic E-state index is 11.5. The van der Waals surface area contributed by atoms with Gasteiger partial charge < -0.3 is 4.57 Å². The molecule has 2 rings (SSSR count). The van der Waals surface area contributed by atoms with E-state index in [-0.39, 0.29) is 11.8 Å².